The Kier molecular flexibility index (Phi) is 3.93. The number of nitrogens with zero attached hydrogens (tertiary/aromatic N) is 2. The van der Waals surface area contributed by atoms with Crippen molar-refractivity contribution in [2.45, 2.75) is 32.7 Å². The van der Waals surface area contributed by atoms with E-state index in [4.69, 9.17) is 0 Å². The van der Waals surface area contributed by atoms with E-state index >= 15 is 0 Å². The lowest BCUT2D eigenvalue weighted by atomic mass is 10.1. The van der Waals surface area contributed by atoms with Crippen LogP contribution in [0.2, 0.25) is 0 Å². The number of rotatable bonds is 3. The largest absolute Gasteiger partial charge is 0.341 e. The zero-order valence-electron chi connectivity index (χ0n) is 9.79. The van der Waals surface area contributed by atoms with E-state index in [1.54, 1.807) is 0 Å². The summed E-state index contributed by atoms with van der Waals surface area (Å²) in [6.07, 6.45) is 1.82. The van der Waals surface area contributed by atoms with E-state index in [0.717, 1.165) is 19.5 Å². The number of hydrogen-bond acceptors (Lipinski definition) is 2. The van der Waals surface area contributed by atoms with Gasteiger partial charge in [0.05, 0.1) is 0 Å². The molecule has 1 heterocycles. The third-order valence-electron chi connectivity index (χ3n) is 2.83. The molecule has 0 aromatic rings. The number of likely N-dealkylation sites (tertiary alicyclic amines) is 1. The molecule has 0 aromatic heterocycles. The van der Waals surface area contributed by atoms with Crippen molar-refractivity contribution >= 4 is 5.91 Å². The average molecular weight is 198 g/mol. The van der Waals surface area contributed by atoms with E-state index < -0.39 is 0 Å². The Hall–Kier alpha value is -0.570. The van der Waals surface area contributed by atoms with Crippen LogP contribution in [0.4, 0.5) is 0 Å². The summed E-state index contributed by atoms with van der Waals surface area (Å²) >= 11 is 0. The van der Waals surface area contributed by atoms with E-state index in [9.17, 15) is 4.79 Å². The quantitative estimate of drug-likeness (QED) is 0.680. The fourth-order valence-corrected chi connectivity index (χ4v) is 1.87. The lowest BCUT2D eigenvalue weighted by Gasteiger charge is -2.21. The Morgan fingerprint density at radius 2 is 2.14 bits per heavy atom. The van der Waals surface area contributed by atoms with E-state index in [-0.39, 0.29) is 0 Å². The van der Waals surface area contributed by atoms with E-state index in [2.05, 4.69) is 32.8 Å². The topological polar surface area (TPSA) is 23.6 Å². The molecule has 1 saturated heterocycles. The van der Waals surface area contributed by atoms with Gasteiger partial charge in [0.25, 0.3) is 0 Å². The van der Waals surface area contributed by atoms with Crippen molar-refractivity contribution in [3.05, 3.63) is 0 Å². The molecule has 0 radical (unpaired) electrons. The second kappa shape index (κ2) is 4.78. The second-order valence-electron chi connectivity index (χ2n) is 4.84. The highest BCUT2D eigenvalue weighted by atomic mass is 16.2. The molecule has 0 N–H and O–H groups in total. The van der Waals surface area contributed by atoms with Gasteiger partial charge in [0.15, 0.2) is 0 Å². The molecule has 1 aliphatic heterocycles. The minimum atomic E-state index is 0.323. The van der Waals surface area contributed by atoms with Gasteiger partial charge in [0.1, 0.15) is 0 Å². The zero-order valence-corrected chi connectivity index (χ0v) is 9.79. The highest BCUT2D eigenvalue weighted by Gasteiger charge is 2.27. The Morgan fingerprint density at radius 3 is 2.57 bits per heavy atom. The van der Waals surface area contributed by atoms with Gasteiger partial charge in [-0.25, -0.2) is 0 Å². The summed E-state index contributed by atoms with van der Waals surface area (Å²) in [5, 5.41) is 0. The number of carbonyl (C=O) groups excluding carboxylic acids is 1. The van der Waals surface area contributed by atoms with Gasteiger partial charge in [-0.2, -0.15) is 0 Å². The van der Waals surface area contributed by atoms with Crippen LogP contribution in [0.5, 0.6) is 0 Å². The van der Waals surface area contributed by atoms with Crippen LogP contribution in [0.25, 0.3) is 0 Å². The van der Waals surface area contributed by atoms with Crippen LogP contribution in [0.3, 0.4) is 0 Å². The Morgan fingerprint density at radius 1 is 1.50 bits per heavy atom. The molecule has 3 heteroatoms. The van der Waals surface area contributed by atoms with Crippen molar-refractivity contribution in [1.29, 1.82) is 0 Å². The molecule has 3 nitrogen and oxygen atoms in total. The van der Waals surface area contributed by atoms with Crippen molar-refractivity contribution < 1.29 is 4.79 Å². The summed E-state index contributed by atoms with van der Waals surface area (Å²) in [5.41, 5.74) is 0. The summed E-state index contributed by atoms with van der Waals surface area (Å²) in [4.78, 5) is 15.9. The second-order valence-corrected chi connectivity index (χ2v) is 4.84. The van der Waals surface area contributed by atoms with Gasteiger partial charge in [-0.3, -0.25) is 4.79 Å². The summed E-state index contributed by atoms with van der Waals surface area (Å²) in [6, 6.07) is 0.561. The molecule has 0 bridgehead atoms. The predicted molar refractivity (Wildman–Crippen MR) is 58.1 cm³/mol. The molecule has 0 aliphatic carbocycles. The fraction of sp³-hybridized carbons (Fsp3) is 0.909. The first-order valence-corrected chi connectivity index (χ1v) is 5.45. The molecular formula is C11H22N2O. The molecule has 1 fully saturated rings. The van der Waals surface area contributed by atoms with Gasteiger partial charge in [0.2, 0.25) is 5.91 Å². The maximum absolute atomic E-state index is 11.7. The zero-order chi connectivity index (χ0) is 10.7. The van der Waals surface area contributed by atoms with E-state index in [0.29, 0.717) is 24.3 Å². The molecule has 1 rings (SSSR count). The lowest BCUT2D eigenvalue weighted by Crippen LogP contribution is -2.34. The van der Waals surface area contributed by atoms with E-state index in [1.807, 2.05) is 4.90 Å². The van der Waals surface area contributed by atoms with Crippen molar-refractivity contribution in [3.63, 3.8) is 0 Å². The van der Waals surface area contributed by atoms with Crippen LogP contribution in [0.1, 0.15) is 26.7 Å². The highest BCUT2D eigenvalue weighted by Crippen LogP contribution is 2.15. The van der Waals surface area contributed by atoms with Crippen LogP contribution in [0.15, 0.2) is 0 Å². The fourth-order valence-electron chi connectivity index (χ4n) is 1.87. The molecule has 1 amide bonds. The van der Waals surface area contributed by atoms with Gasteiger partial charge in [-0.05, 0) is 26.4 Å². The van der Waals surface area contributed by atoms with Crippen molar-refractivity contribution in [1.82, 2.24) is 9.80 Å². The van der Waals surface area contributed by atoms with Gasteiger partial charge in [-0.15, -0.1) is 0 Å². The van der Waals surface area contributed by atoms with E-state index in [1.165, 1.54) is 0 Å². The minimum absolute atomic E-state index is 0.323. The van der Waals surface area contributed by atoms with Crippen LogP contribution < -0.4 is 0 Å². The van der Waals surface area contributed by atoms with Crippen molar-refractivity contribution in [2.24, 2.45) is 5.92 Å². The van der Waals surface area contributed by atoms with Gasteiger partial charge < -0.3 is 9.80 Å². The maximum Gasteiger partial charge on any atom is 0.222 e. The van der Waals surface area contributed by atoms with Crippen LogP contribution in [0, 0.1) is 5.92 Å². The molecule has 1 atom stereocenters. The summed E-state index contributed by atoms with van der Waals surface area (Å²) < 4.78 is 0. The standard InChI is InChI=1S/C11H22N2O/c1-9(2)7-11(14)13-6-5-10(8-13)12(3)4/h9-10H,5-8H2,1-4H3/t10-/m1/s1. The van der Waals surface area contributed by atoms with Crippen LogP contribution in [-0.4, -0.2) is 48.9 Å². The third-order valence-corrected chi connectivity index (χ3v) is 2.83. The number of carbonyl (C=O) groups is 1. The van der Waals surface area contributed by atoms with Crippen LogP contribution >= 0.6 is 0 Å². The van der Waals surface area contributed by atoms with Gasteiger partial charge >= 0.3 is 0 Å². The number of hydrogen-bond donors (Lipinski definition) is 0. The summed E-state index contributed by atoms with van der Waals surface area (Å²) in [7, 11) is 4.17. The maximum atomic E-state index is 11.7. The Labute approximate surface area is 87.1 Å². The molecule has 0 unspecified atom stereocenters. The summed E-state index contributed by atoms with van der Waals surface area (Å²) in [5.74, 6) is 0.797. The van der Waals surface area contributed by atoms with Gasteiger partial charge in [0, 0.05) is 25.6 Å². The molecule has 1 aliphatic rings. The normalized spacial score (nSPS) is 22.4. The lowest BCUT2D eigenvalue weighted by molar-refractivity contribution is -0.131. The van der Waals surface area contributed by atoms with Crippen LogP contribution in [-0.2, 0) is 4.79 Å². The first kappa shape index (κ1) is 11.5. The number of amides is 1. The first-order chi connectivity index (χ1) is 6.50. The van der Waals surface area contributed by atoms with Crippen molar-refractivity contribution in [3.8, 4) is 0 Å². The molecule has 0 aromatic carbocycles. The molecule has 82 valence electrons. The van der Waals surface area contributed by atoms with Gasteiger partial charge in [-0.1, -0.05) is 13.8 Å². The predicted octanol–water partition coefficient (Wildman–Crippen LogP) is 1.20. The monoisotopic (exact) mass is 198 g/mol. The van der Waals surface area contributed by atoms with Crippen molar-refractivity contribution in [2.75, 3.05) is 27.2 Å². The number of likely N-dealkylation sites (N-methyl/N-ethyl adjacent to an activating group) is 1. The molecular weight excluding hydrogens is 176 g/mol. The molecule has 14 heavy (non-hydrogen) atoms. The minimum Gasteiger partial charge on any atom is -0.341 e. The smallest absolute Gasteiger partial charge is 0.222 e. The SMILES string of the molecule is CC(C)CC(=O)N1CC[C@@H](N(C)C)C1. The molecule has 0 spiro atoms. The first-order valence-electron chi connectivity index (χ1n) is 5.45. The Bertz CT molecular complexity index is 201. The molecule has 0 saturated carbocycles. The third kappa shape index (κ3) is 2.98. The Balaban J connectivity index is 2.38. The highest BCUT2D eigenvalue weighted by molar-refractivity contribution is 5.76. The average Bonchev–Trinajstić information content (AvgIpc) is 2.50. The summed E-state index contributed by atoms with van der Waals surface area (Å²) in [6.45, 7) is 6.04.